The Hall–Kier alpha value is -2.39. The van der Waals surface area contributed by atoms with Gasteiger partial charge in [0.25, 0.3) is 0 Å². The van der Waals surface area contributed by atoms with Gasteiger partial charge in [0.15, 0.2) is 0 Å². The third-order valence-corrected chi connectivity index (χ3v) is 5.79. The second kappa shape index (κ2) is 8.32. The van der Waals surface area contributed by atoms with Gasteiger partial charge in [-0.25, -0.2) is 0 Å². The van der Waals surface area contributed by atoms with Gasteiger partial charge in [0.05, 0.1) is 11.6 Å². The van der Waals surface area contributed by atoms with Crippen molar-refractivity contribution in [3.63, 3.8) is 0 Å². The molecule has 0 bridgehead atoms. The van der Waals surface area contributed by atoms with E-state index in [4.69, 9.17) is 16.9 Å². The lowest BCUT2D eigenvalue weighted by Gasteiger charge is -2.46. The van der Waals surface area contributed by atoms with Gasteiger partial charge in [-0.2, -0.15) is 5.26 Å². The van der Waals surface area contributed by atoms with Crippen molar-refractivity contribution in [2.75, 3.05) is 32.7 Å². The summed E-state index contributed by atoms with van der Waals surface area (Å²) in [4.78, 5) is 19.7. The molecule has 0 saturated carbocycles. The van der Waals surface area contributed by atoms with Crippen molar-refractivity contribution in [3.05, 3.63) is 70.2 Å². The second-order valence-corrected chi connectivity index (χ2v) is 7.93. The molecule has 2 heterocycles. The molecule has 4 rings (SSSR count). The number of carbonyl (C=O) groups is 1. The summed E-state index contributed by atoms with van der Waals surface area (Å²) in [5, 5.41) is 9.80. The summed E-state index contributed by atoms with van der Waals surface area (Å²) < 4.78 is 0. The highest BCUT2D eigenvalue weighted by Crippen LogP contribution is 2.21. The van der Waals surface area contributed by atoms with Crippen LogP contribution < -0.4 is 0 Å². The Bertz CT molecular complexity index is 909. The zero-order valence-corrected chi connectivity index (χ0v) is 16.5. The molecule has 2 aromatic rings. The molecule has 0 aromatic heterocycles. The molecule has 2 aliphatic heterocycles. The zero-order chi connectivity index (χ0) is 19.5. The maximum Gasteiger partial charge on any atom is 0.241 e. The van der Waals surface area contributed by atoms with Crippen LogP contribution in [0.1, 0.15) is 16.7 Å². The fourth-order valence-corrected chi connectivity index (χ4v) is 4.32. The van der Waals surface area contributed by atoms with E-state index in [1.165, 1.54) is 0 Å². The van der Waals surface area contributed by atoms with Gasteiger partial charge in [0.2, 0.25) is 5.91 Å². The van der Waals surface area contributed by atoms with Crippen LogP contribution in [0.3, 0.4) is 0 Å². The topological polar surface area (TPSA) is 50.6 Å². The molecule has 2 aliphatic rings. The predicted octanol–water partition coefficient (Wildman–Crippen LogP) is 2.74. The van der Waals surface area contributed by atoms with Gasteiger partial charge in [-0.05, 0) is 35.4 Å². The van der Waals surface area contributed by atoms with Crippen LogP contribution in [0, 0.1) is 11.3 Å². The number of benzene rings is 2. The number of piperazine rings is 2. The quantitative estimate of drug-likeness (QED) is 0.800. The Kier molecular flexibility index (Phi) is 5.63. The molecule has 28 heavy (non-hydrogen) atoms. The molecule has 1 atom stereocenters. The molecule has 2 fully saturated rings. The second-order valence-electron chi connectivity index (χ2n) is 7.49. The molecule has 0 radical (unpaired) electrons. The summed E-state index contributed by atoms with van der Waals surface area (Å²) >= 11 is 6.09. The number of nitrogens with zero attached hydrogens (tertiary/aromatic N) is 4. The first-order chi connectivity index (χ1) is 13.6. The van der Waals surface area contributed by atoms with E-state index in [-0.39, 0.29) is 11.9 Å². The minimum Gasteiger partial charge on any atom is -0.336 e. The molecular weight excluding hydrogens is 372 g/mol. The SMILES string of the molecule is N#Cc1cccc(CN2CCN3CCN(Cc4cccc(Cl)c4)C(=O)C3C2)c1. The standard InChI is InChI=1S/C22H23ClN4O/c23-20-6-2-5-19(12-20)15-27-10-9-26-8-7-25(16-21(26)22(27)28)14-18-4-1-3-17(11-18)13-24/h1-6,11-12,21H,7-10,14-16H2. The number of amides is 1. The molecule has 5 nitrogen and oxygen atoms in total. The minimum absolute atomic E-state index is 0.0965. The van der Waals surface area contributed by atoms with Gasteiger partial charge in [0.1, 0.15) is 6.04 Å². The van der Waals surface area contributed by atoms with Crippen molar-refractivity contribution in [3.8, 4) is 6.07 Å². The normalized spacial score (nSPS) is 20.6. The number of halogens is 1. The Morgan fingerprint density at radius 1 is 1.00 bits per heavy atom. The fraction of sp³-hybridized carbons (Fsp3) is 0.364. The summed E-state index contributed by atoms with van der Waals surface area (Å²) in [6.07, 6.45) is 0. The van der Waals surface area contributed by atoms with E-state index in [9.17, 15) is 4.79 Å². The van der Waals surface area contributed by atoms with Gasteiger partial charge in [-0.1, -0.05) is 35.9 Å². The van der Waals surface area contributed by atoms with E-state index in [2.05, 4.69) is 15.9 Å². The molecule has 2 saturated heterocycles. The molecule has 1 unspecified atom stereocenters. The molecule has 144 valence electrons. The van der Waals surface area contributed by atoms with Crippen molar-refractivity contribution in [2.24, 2.45) is 0 Å². The van der Waals surface area contributed by atoms with Crippen LogP contribution in [0.25, 0.3) is 0 Å². The Balaban J connectivity index is 1.42. The lowest BCUT2D eigenvalue weighted by Crippen LogP contribution is -2.64. The fourth-order valence-electron chi connectivity index (χ4n) is 4.10. The van der Waals surface area contributed by atoms with Crippen LogP contribution in [0.5, 0.6) is 0 Å². The number of hydrogen-bond donors (Lipinski definition) is 0. The molecular formula is C22H23ClN4O. The van der Waals surface area contributed by atoms with E-state index in [1.807, 2.05) is 53.4 Å². The maximum atomic E-state index is 13.1. The first-order valence-corrected chi connectivity index (χ1v) is 9.99. The van der Waals surface area contributed by atoms with Gasteiger partial charge < -0.3 is 4.90 Å². The smallest absolute Gasteiger partial charge is 0.241 e. The summed E-state index contributed by atoms with van der Waals surface area (Å²) in [5.41, 5.74) is 2.86. The maximum absolute atomic E-state index is 13.1. The Morgan fingerprint density at radius 2 is 1.75 bits per heavy atom. The van der Waals surface area contributed by atoms with Gasteiger partial charge in [0, 0.05) is 50.8 Å². The highest BCUT2D eigenvalue weighted by Gasteiger charge is 2.38. The molecule has 0 aliphatic carbocycles. The summed E-state index contributed by atoms with van der Waals surface area (Å²) in [5.74, 6) is 0.196. The number of hydrogen-bond acceptors (Lipinski definition) is 4. The third kappa shape index (κ3) is 4.20. The highest BCUT2D eigenvalue weighted by atomic mass is 35.5. The minimum atomic E-state index is -0.0965. The number of fused-ring (bicyclic) bond motifs is 1. The van der Waals surface area contributed by atoms with E-state index in [0.29, 0.717) is 17.1 Å². The molecule has 6 heteroatoms. The van der Waals surface area contributed by atoms with Crippen molar-refractivity contribution < 1.29 is 4.79 Å². The van der Waals surface area contributed by atoms with Crippen molar-refractivity contribution in [1.29, 1.82) is 5.26 Å². The summed E-state index contributed by atoms with van der Waals surface area (Å²) in [7, 11) is 0. The number of rotatable bonds is 4. The van der Waals surface area contributed by atoms with Gasteiger partial charge >= 0.3 is 0 Å². The van der Waals surface area contributed by atoms with Crippen molar-refractivity contribution in [2.45, 2.75) is 19.1 Å². The van der Waals surface area contributed by atoms with E-state index >= 15 is 0 Å². The average molecular weight is 395 g/mol. The van der Waals surface area contributed by atoms with Crippen LogP contribution in [0.4, 0.5) is 0 Å². The van der Waals surface area contributed by atoms with E-state index < -0.39 is 0 Å². The lowest BCUT2D eigenvalue weighted by atomic mass is 10.0. The largest absolute Gasteiger partial charge is 0.336 e. The van der Waals surface area contributed by atoms with E-state index in [0.717, 1.165) is 50.4 Å². The van der Waals surface area contributed by atoms with Crippen LogP contribution in [0.2, 0.25) is 5.02 Å². The zero-order valence-electron chi connectivity index (χ0n) is 15.7. The summed E-state index contributed by atoms with van der Waals surface area (Å²) in [6.45, 7) is 5.60. The molecule has 2 aromatic carbocycles. The van der Waals surface area contributed by atoms with Crippen molar-refractivity contribution in [1.82, 2.24) is 14.7 Å². The third-order valence-electron chi connectivity index (χ3n) is 5.55. The Morgan fingerprint density at radius 3 is 2.54 bits per heavy atom. The average Bonchev–Trinajstić information content (AvgIpc) is 2.71. The van der Waals surface area contributed by atoms with Crippen molar-refractivity contribution >= 4 is 17.5 Å². The van der Waals surface area contributed by atoms with Crippen LogP contribution in [0.15, 0.2) is 48.5 Å². The molecule has 0 N–H and O–H groups in total. The first kappa shape index (κ1) is 18.9. The van der Waals surface area contributed by atoms with Crippen LogP contribution in [-0.4, -0.2) is 59.4 Å². The summed E-state index contributed by atoms with van der Waals surface area (Å²) in [6, 6.07) is 17.5. The number of carbonyl (C=O) groups excluding carboxylic acids is 1. The van der Waals surface area contributed by atoms with Gasteiger partial charge in [-0.3, -0.25) is 14.6 Å². The van der Waals surface area contributed by atoms with E-state index in [1.54, 1.807) is 0 Å². The predicted molar refractivity (Wildman–Crippen MR) is 109 cm³/mol. The highest BCUT2D eigenvalue weighted by molar-refractivity contribution is 6.30. The van der Waals surface area contributed by atoms with Gasteiger partial charge in [-0.15, -0.1) is 0 Å². The first-order valence-electron chi connectivity index (χ1n) is 9.61. The molecule has 1 amide bonds. The molecule has 0 spiro atoms. The lowest BCUT2D eigenvalue weighted by molar-refractivity contribution is -0.146. The van der Waals surface area contributed by atoms with Crippen LogP contribution in [-0.2, 0) is 17.9 Å². The Labute approximate surface area is 170 Å². The number of nitriles is 1. The monoisotopic (exact) mass is 394 g/mol. The van der Waals surface area contributed by atoms with Crippen LogP contribution >= 0.6 is 11.6 Å².